The molecule has 0 unspecified atom stereocenters. The summed E-state index contributed by atoms with van der Waals surface area (Å²) in [6, 6.07) is 4.73. The lowest BCUT2D eigenvalue weighted by Gasteiger charge is -2.10. The van der Waals surface area contributed by atoms with Gasteiger partial charge in [0.05, 0.1) is 5.56 Å². The van der Waals surface area contributed by atoms with E-state index in [2.05, 4.69) is 10.1 Å². The van der Waals surface area contributed by atoms with Gasteiger partial charge in [0, 0.05) is 16.8 Å². The van der Waals surface area contributed by atoms with Crippen molar-refractivity contribution in [2.24, 2.45) is 0 Å². The Morgan fingerprint density at radius 3 is 2.85 bits per heavy atom. The molecule has 0 saturated heterocycles. The molecule has 6 nitrogen and oxygen atoms in total. The Morgan fingerprint density at radius 2 is 2.20 bits per heavy atom. The third kappa shape index (κ3) is 3.27. The second-order valence-electron chi connectivity index (χ2n) is 4.56. The van der Waals surface area contributed by atoms with E-state index in [0.29, 0.717) is 22.1 Å². The Balaban J connectivity index is 2.07. The number of anilines is 1. The number of rotatable bonds is 4. The number of halogens is 1. The smallest absolute Gasteiger partial charge is 0.338 e. The number of nitrogens with two attached hydrogens (primary N) is 1. The first kappa shape index (κ1) is 14.3. The summed E-state index contributed by atoms with van der Waals surface area (Å²) < 4.78 is 6.89. The molecule has 0 radical (unpaired) electrons. The van der Waals surface area contributed by atoms with E-state index in [1.54, 1.807) is 10.7 Å². The highest BCUT2D eigenvalue weighted by atomic mass is 35.5. The molecule has 7 heteroatoms. The van der Waals surface area contributed by atoms with Gasteiger partial charge in [0.2, 0.25) is 0 Å². The molecule has 20 heavy (non-hydrogen) atoms. The predicted molar refractivity (Wildman–Crippen MR) is 75.4 cm³/mol. The van der Waals surface area contributed by atoms with Gasteiger partial charge in [-0.2, -0.15) is 5.10 Å². The third-order valence-corrected chi connectivity index (χ3v) is 2.84. The summed E-state index contributed by atoms with van der Waals surface area (Å²) in [5.41, 5.74) is 6.36. The van der Waals surface area contributed by atoms with Crippen LogP contribution in [0.3, 0.4) is 0 Å². The van der Waals surface area contributed by atoms with Gasteiger partial charge < -0.3 is 10.5 Å². The zero-order valence-corrected chi connectivity index (χ0v) is 12.0. The largest absolute Gasteiger partial charge is 0.454 e. The molecule has 0 aliphatic rings. The Bertz CT molecular complexity index is 604. The van der Waals surface area contributed by atoms with Crippen molar-refractivity contribution in [2.75, 3.05) is 5.73 Å². The molecule has 106 valence electrons. The third-order valence-electron chi connectivity index (χ3n) is 2.62. The van der Waals surface area contributed by atoms with Crippen molar-refractivity contribution in [3.63, 3.8) is 0 Å². The topological polar surface area (TPSA) is 83.0 Å². The first-order chi connectivity index (χ1) is 9.47. The molecule has 0 bridgehead atoms. The van der Waals surface area contributed by atoms with E-state index in [9.17, 15) is 4.79 Å². The van der Waals surface area contributed by atoms with Crippen molar-refractivity contribution < 1.29 is 9.53 Å². The van der Waals surface area contributed by atoms with E-state index in [1.807, 2.05) is 13.8 Å². The minimum Gasteiger partial charge on any atom is -0.454 e. The highest BCUT2D eigenvalue weighted by molar-refractivity contribution is 6.31. The molecule has 0 amide bonds. The van der Waals surface area contributed by atoms with Crippen LogP contribution < -0.4 is 5.73 Å². The van der Waals surface area contributed by atoms with Gasteiger partial charge in [0.25, 0.3) is 0 Å². The van der Waals surface area contributed by atoms with Gasteiger partial charge in [-0.05, 0) is 32.0 Å². The molecule has 1 aromatic heterocycles. The minimum absolute atomic E-state index is 0.0451. The molecule has 0 atom stereocenters. The normalized spacial score (nSPS) is 10.8. The number of aromatic nitrogens is 3. The summed E-state index contributed by atoms with van der Waals surface area (Å²) in [5, 5.41) is 4.46. The van der Waals surface area contributed by atoms with E-state index >= 15 is 0 Å². The van der Waals surface area contributed by atoms with Gasteiger partial charge in [-0.3, -0.25) is 0 Å². The number of esters is 1. The van der Waals surface area contributed by atoms with Crippen LogP contribution in [0.1, 0.15) is 36.1 Å². The zero-order chi connectivity index (χ0) is 14.7. The van der Waals surface area contributed by atoms with Crippen LogP contribution in [-0.2, 0) is 11.3 Å². The molecule has 1 heterocycles. The summed E-state index contributed by atoms with van der Waals surface area (Å²) in [5.74, 6) is 0.0841. The van der Waals surface area contributed by atoms with Gasteiger partial charge in [-0.25, -0.2) is 14.5 Å². The number of benzene rings is 1. The Kier molecular flexibility index (Phi) is 4.24. The van der Waals surface area contributed by atoms with Crippen molar-refractivity contribution in [1.82, 2.24) is 14.8 Å². The summed E-state index contributed by atoms with van der Waals surface area (Å²) in [6.07, 6.45) is 1.43. The fraction of sp³-hybridized carbons (Fsp3) is 0.308. The van der Waals surface area contributed by atoms with Gasteiger partial charge in [0.15, 0.2) is 12.4 Å². The van der Waals surface area contributed by atoms with Gasteiger partial charge in [-0.15, -0.1) is 0 Å². The predicted octanol–water partition coefficient (Wildman–Crippen LogP) is 2.45. The highest BCUT2D eigenvalue weighted by Crippen LogP contribution is 2.17. The number of ether oxygens (including phenoxy) is 1. The maximum absolute atomic E-state index is 11.9. The van der Waals surface area contributed by atoms with Crippen molar-refractivity contribution in [3.8, 4) is 0 Å². The number of nitrogens with zero attached hydrogens (tertiary/aromatic N) is 3. The van der Waals surface area contributed by atoms with Crippen molar-refractivity contribution in [3.05, 3.63) is 40.9 Å². The van der Waals surface area contributed by atoms with Gasteiger partial charge in [-0.1, -0.05) is 11.6 Å². The summed E-state index contributed by atoms with van der Waals surface area (Å²) >= 11 is 5.85. The average molecular weight is 295 g/mol. The van der Waals surface area contributed by atoms with E-state index in [1.165, 1.54) is 18.5 Å². The van der Waals surface area contributed by atoms with Gasteiger partial charge in [0.1, 0.15) is 6.33 Å². The Morgan fingerprint density at radius 1 is 1.45 bits per heavy atom. The molecule has 0 aliphatic carbocycles. The van der Waals surface area contributed by atoms with E-state index in [4.69, 9.17) is 22.1 Å². The van der Waals surface area contributed by atoms with Crippen molar-refractivity contribution in [1.29, 1.82) is 0 Å². The lowest BCUT2D eigenvalue weighted by molar-refractivity contribution is 0.0455. The molecular formula is C13H15ClN4O2. The number of hydrogen-bond donors (Lipinski definition) is 1. The quantitative estimate of drug-likeness (QED) is 0.692. The molecule has 2 N–H and O–H groups in total. The second kappa shape index (κ2) is 5.92. The van der Waals surface area contributed by atoms with Crippen LogP contribution in [0.4, 0.5) is 5.69 Å². The number of nitrogen functional groups attached to an aromatic ring is 1. The van der Waals surface area contributed by atoms with Crippen LogP contribution >= 0.6 is 11.6 Å². The van der Waals surface area contributed by atoms with Crippen LogP contribution in [0, 0.1) is 0 Å². The molecular weight excluding hydrogens is 280 g/mol. The number of hydrogen-bond acceptors (Lipinski definition) is 5. The standard InChI is InChI=1S/C13H15ClN4O2/c1-8(2)18-12(16-7-17-18)6-20-13(19)9-3-10(14)5-11(15)4-9/h3-5,7-8H,6,15H2,1-2H3. The van der Waals surface area contributed by atoms with Crippen LogP contribution in [0.15, 0.2) is 24.5 Å². The van der Waals surface area contributed by atoms with E-state index in [0.717, 1.165) is 0 Å². The molecule has 0 aliphatic heterocycles. The second-order valence-corrected chi connectivity index (χ2v) is 5.00. The Labute approximate surface area is 121 Å². The fourth-order valence-electron chi connectivity index (χ4n) is 1.75. The molecule has 0 spiro atoms. The van der Waals surface area contributed by atoms with Crippen molar-refractivity contribution in [2.45, 2.75) is 26.5 Å². The molecule has 1 aromatic carbocycles. The minimum atomic E-state index is -0.502. The summed E-state index contributed by atoms with van der Waals surface area (Å²) in [6.45, 7) is 3.98. The average Bonchev–Trinajstić information content (AvgIpc) is 2.83. The lowest BCUT2D eigenvalue weighted by Crippen LogP contribution is -2.12. The monoisotopic (exact) mass is 294 g/mol. The van der Waals surface area contributed by atoms with Crippen LogP contribution in [0.2, 0.25) is 5.02 Å². The van der Waals surface area contributed by atoms with Crippen LogP contribution in [0.5, 0.6) is 0 Å². The first-order valence-electron chi connectivity index (χ1n) is 6.09. The molecule has 0 fully saturated rings. The molecule has 2 aromatic rings. The maximum Gasteiger partial charge on any atom is 0.338 e. The summed E-state index contributed by atoms with van der Waals surface area (Å²) in [7, 11) is 0. The fourth-order valence-corrected chi connectivity index (χ4v) is 2.00. The Hall–Kier alpha value is -2.08. The summed E-state index contributed by atoms with van der Waals surface area (Å²) in [4.78, 5) is 16.0. The van der Waals surface area contributed by atoms with Crippen molar-refractivity contribution >= 4 is 23.3 Å². The zero-order valence-electron chi connectivity index (χ0n) is 11.2. The van der Waals surface area contributed by atoms with E-state index < -0.39 is 5.97 Å². The first-order valence-corrected chi connectivity index (χ1v) is 6.46. The molecule has 0 saturated carbocycles. The SMILES string of the molecule is CC(C)n1ncnc1COC(=O)c1cc(N)cc(Cl)c1. The highest BCUT2D eigenvalue weighted by Gasteiger charge is 2.13. The molecule has 2 rings (SSSR count). The van der Waals surface area contributed by atoms with Crippen LogP contribution in [-0.4, -0.2) is 20.7 Å². The van der Waals surface area contributed by atoms with Gasteiger partial charge >= 0.3 is 5.97 Å². The van der Waals surface area contributed by atoms with E-state index in [-0.39, 0.29) is 12.6 Å². The number of carbonyl (C=O) groups excluding carboxylic acids is 1. The maximum atomic E-state index is 11.9. The number of carbonyl (C=O) groups is 1. The lowest BCUT2D eigenvalue weighted by atomic mass is 10.2. The van der Waals surface area contributed by atoms with Crippen LogP contribution in [0.25, 0.3) is 0 Å².